The molecule has 3 rings (SSSR count). The number of aromatic nitrogens is 2. The Bertz CT molecular complexity index is 826. The standard InChI is InChI=1S/C16H19F2N3O3S/c1-21-9-16(19-10-21)25(22,23)20-13-2-4-14(5-3-13)24-15-7-11(17)6-12(18)8-15/h6-10,13-14,20H,2-5H2,1H3. The van der Waals surface area contributed by atoms with Crippen molar-refractivity contribution in [3.63, 3.8) is 0 Å². The Morgan fingerprint density at radius 3 is 2.36 bits per heavy atom. The fraction of sp³-hybridized carbons (Fsp3) is 0.438. The third-order valence-corrected chi connectivity index (χ3v) is 5.50. The number of sulfonamides is 1. The number of aryl methyl sites for hydroxylation is 1. The molecule has 0 amide bonds. The first kappa shape index (κ1) is 17.8. The Hall–Kier alpha value is -2.00. The second-order valence-electron chi connectivity index (χ2n) is 6.20. The van der Waals surface area contributed by atoms with Crippen LogP contribution in [0.4, 0.5) is 8.78 Å². The summed E-state index contributed by atoms with van der Waals surface area (Å²) in [5, 5.41) is -0.0105. The van der Waals surface area contributed by atoms with Crippen molar-refractivity contribution in [1.29, 1.82) is 0 Å². The number of rotatable bonds is 5. The van der Waals surface area contributed by atoms with Crippen LogP contribution in [0.25, 0.3) is 0 Å². The van der Waals surface area contributed by atoms with Gasteiger partial charge in [0.15, 0.2) is 5.03 Å². The molecule has 1 heterocycles. The van der Waals surface area contributed by atoms with Gasteiger partial charge in [0.2, 0.25) is 0 Å². The van der Waals surface area contributed by atoms with Crippen molar-refractivity contribution in [2.75, 3.05) is 0 Å². The minimum atomic E-state index is -3.65. The summed E-state index contributed by atoms with van der Waals surface area (Å²) in [4.78, 5) is 3.86. The second kappa shape index (κ2) is 7.09. The lowest BCUT2D eigenvalue weighted by Gasteiger charge is -2.29. The third kappa shape index (κ3) is 4.55. The number of hydrogen-bond donors (Lipinski definition) is 1. The first-order valence-electron chi connectivity index (χ1n) is 7.95. The molecule has 25 heavy (non-hydrogen) atoms. The summed E-state index contributed by atoms with van der Waals surface area (Å²) in [6.45, 7) is 0. The van der Waals surface area contributed by atoms with E-state index in [0.29, 0.717) is 25.7 Å². The van der Waals surface area contributed by atoms with Crippen LogP contribution in [0.3, 0.4) is 0 Å². The van der Waals surface area contributed by atoms with Crippen LogP contribution >= 0.6 is 0 Å². The highest BCUT2D eigenvalue weighted by Gasteiger charge is 2.27. The molecule has 1 aliphatic carbocycles. The molecule has 6 nitrogen and oxygen atoms in total. The smallest absolute Gasteiger partial charge is 0.259 e. The SMILES string of the molecule is Cn1cnc(S(=O)(=O)NC2CCC(Oc3cc(F)cc(F)c3)CC2)c1. The molecule has 0 aliphatic heterocycles. The molecule has 2 aromatic rings. The van der Waals surface area contributed by atoms with Gasteiger partial charge in [-0.1, -0.05) is 0 Å². The number of hydrogen-bond acceptors (Lipinski definition) is 4. The molecule has 0 saturated heterocycles. The van der Waals surface area contributed by atoms with Crippen LogP contribution in [0, 0.1) is 11.6 Å². The predicted molar refractivity (Wildman–Crippen MR) is 86.6 cm³/mol. The molecular formula is C16H19F2N3O3S. The van der Waals surface area contributed by atoms with E-state index >= 15 is 0 Å². The third-order valence-electron chi connectivity index (χ3n) is 4.09. The summed E-state index contributed by atoms with van der Waals surface area (Å²) < 4.78 is 60.7. The lowest BCUT2D eigenvalue weighted by molar-refractivity contribution is 0.143. The van der Waals surface area contributed by atoms with Gasteiger partial charge in [0.1, 0.15) is 17.4 Å². The minimum absolute atomic E-state index is 0.0105. The molecule has 0 bridgehead atoms. The van der Waals surface area contributed by atoms with Gasteiger partial charge in [0.05, 0.1) is 12.4 Å². The quantitative estimate of drug-likeness (QED) is 0.876. The molecule has 0 unspecified atom stereocenters. The molecule has 0 atom stereocenters. The van der Waals surface area contributed by atoms with Crippen molar-refractivity contribution in [2.24, 2.45) is 7.05 Å². The van der Waals surface area contributed by atoms with Crippen LogP contribution in [-0.2, 0) is 17.1 Å². The Morgan fingerprint density at radius 1 is 1.16 bits per heavy atom. The zero-order chi connectivity index (χ0) is 18.0. The van der Waals surface area contributed by atoms with Gasteiger partial charge in [0.25, 0.3) is 10.0 Å². The van der Waals surface area contributed by atoms with E-state index in [1.165, 1.54) is 12.5 Å². The zero-order valence-corrected chi connectivity index (χ0v) is 14.5. The van der Waals surface area contributed by atoms with Gasteiger partial charge in [-0.3, -0.25) is 0 Å². The molecule has 0 spiro atoms. The average Bonchev–Trinajstić information content (AvgIpc) is 2.95. The first-order valence-corrected chi connectivity index (χ1v) is 9.43. The summed E-state index contributed by atoms with van der Waals surface area (Å²) in [5.41, 5.74) is 0. The van der Waals surface area contributed by atoms with Gasteiger partial charge in [-0.25, -0.2) is 26.9 Å². The second-order valence-corrected chi connectivity index (χ2v) is 7.86. The van der Waals surface area contributed by atoms with Gasteiger partial charge in [-0.2, -0.15) is 0 Å². The monoisotopic (exact) mass is 371 g/mol. The molecule has 1 aromatic heterocycles. The first-order chi connectivity index (χ1) is 11.8. The molecule has 136 valence electrons. The van der Waals surface area contributed by atoms with Gasteiger partial charge in [-0.05, 0) is 25.7 Å². The van der Waals surface area contributed by atoms with Gasteiger partial charge < -0.3 is 9.30 Å². The molecule has 0 radical (unpaired) electrons. The molecule has 9 heteroatoms. The topological polar surface area (TPSA) is 73.2 Å². The van der Waals surface area contributed by atoms with Crippen LogP contribution in [0.2, 0.25) is 0 Å². The van der Waals surface area contributed by atoms with E-state index in [9.17, 15) is 17.2 Å². The minimum Gasteiger partial charge on any atom is -0.490 e. The van der Waals surface area contributed by atoms with Crippen molar-refractivity contribution in [2.45, 2.75) is 42.9 Å². The van der Waals surface area contributed by atoms with E-state index in [1.54, 1.807) is 11.6 Å². The summed E-state index contributed by atoms with van der Waals surface area (Å²) in [6.07, 6.45) is 5.01. The van der Waals surface area contributed by atoms with Crippen LogP contribution < -0.4 is 9.46 Å². The average molecular weight is 371 g/mol. The van der Waals surface area contributed by atoms with Crippen molar-refractivity contribution in [1.82, 2.24) is 14.3 Å². The number of imidazole rings is 1. The fourth-order valence-corrected chi connectivity index (χ4v) is 4.18. The van der Waals surface area contributed by atoms with Crippen molar-refractivity contribution in [3.8, 4) is 5.75 Å². The highest BCUT2D eigenvalue weighted by atomic mass is 32.2. The summed E-state index contributed by atoms with van der Waals surface area (Å²) in [5.74, 6) is -1.23. The van der Waals surface area contributed by atoms with Crippen molar-refractivity contribution in [3.05, 3.63) is 42.4 Å². The van der Waals surface area contributed by atoms with E-state index in [-0.39, 0.29) is 22.9 Å². The van der Waals surface area contributed by atoms with E-state index < -0.39 is 21.7 Å². The largest absolute Gasteiger partial charge is 0.490 e. The highest BCUT2D eigenvalue weighted by Crippen LogP contribution is 2.25. The number of nitrogens with one attached hydrogen (secondary N) is 1. The van der Waals surface area contributed by atoms with E-state index in [0.717, 1.165) is 18.2 Å². The lowest BCUT2D eigenvalue weighted by atomic mass is 9.94. The van der Waals surface area contributed by atoms with E-state index in [2.05, 4.69) is 9.71 Å². The summed E-state index contributed by atoms with van der Waals surface area (Å²) >= 11 is 0. The van der Waals surface area contributed by atoms with Crippen LogP contribution in [0.15, 0.2) is 35.7 Å². The molecule has 1 aliphatic rings. The Labute approximate surface area is 144 Å². The van der Waals surface area contributed by atoms with Crippen LogP contribution in [0.1, 0.15) is 25.7 Å². The van der Waals surface area contributed by atoms with E-state index in [4.69, 9.17) is 4.74 Å². The Morgan fingerprint density at radius 2 is 1.80 bits per heavy atom. The highest BCUT2D eigenvalue weighted by molar-refractivity contribution is 7.89. The maximum atomic E-state index is 13.2. The summed E-state index contributed by atoms with van der Waals surface area (Å²) in [6, 6.07) is 2.85. The maximum Gasteiger partial charge on any atom is 0.259 e. The zero-order valence-electron chi connectivity index (χ0n) is 13.7. The molecule has 1 aromatic carbocycles. The van der Waals surface area contributed by atoms with Crippen molar-refractivity contribution < 1.29 is 21.9 Å². The van der Waals surface area contributed by atoms with Gasteiger partial charge in [0, 0.05) is 37.5 Å². The molecular weight excluding hydrogens is 352 g/mol. The lowest BCUT2D eigenvalue weighted by Crippen LogP contribution is -2.39. The number of benzene rings is 1. The number of halogens is 2. The van der Waals surface area contributed by atoms with Gasteiger partial charge in [-0.15, -0.1) is 0 Å². The van der Waals surface area contributed by atoms with Crippen LogP contribution in [0.5, 0.6) is 5.75 Å². The Kier molecular flexibility index (Phi) is 5.05. The molecule has 1 saturated carbocycles. The summed E-state index contributed by atoms with van der Waals surface area (Å²) in [7, 11) is -1.95. The molecule has 1 N–H and O–H groups in total. The van der Waals surface area contributed by atoms with Gasteiger partial charge >= 0.3 is 0 Å². The molecule has 1 fully saturated rings. The normalized spacial score (nSPS) is 21.2. The Balaban J connectivity index is 1.55. The van der Waals surface area contributed by atoms with Crippen molar-refractivity contribution >= 4 is 10.0 Å². The number of nitrogens with zero attached hydrogens (tertiary/aromatic N) is 2. The van der Waals surface area contributed by atoms with E-state index in [1.807, 2.05) is 0 Å². The predicted octanol–water partition coefficient (Wildman–Crippen LogP) is 2.37. The number of ether oxygens (including phenoxy) is 1. The maximum absolute atomic E-state index is 13.2. The van der Waals surface area contributed by atoms with Crippen LogP contribution in [-0.4, -0.2) is 30.1 Å². The fourth-order valence-electron chi connectivity index (χ4n) is 2.89.